The van der Waals surface area contributed by atoms with E-state index in [2.05, 4.69) is 8.75 Å². The minimum Gasteiger partial charge on any atom is -1.00 e. The molecule has 4 rings (SSSR count). The van der Waals surface area contributed by atoms with E-state index >= 15 is 0 Å². The molecule has 1 heterocycles. The molecule has 0 radical (unpaired) electrons. The number of fused-ring (bicyclic) bond motifs is 1. The van der Waals surface area contributed by atoms with Gasteiger partial charge in [0.05, 0.1) is 45.7 Å². The van der Waals surface area contributed by atoms with Crippen LogP contribution in [0.5, 0.6) is 23.0 Å². The van der Waals surface area contributed by atoms with E-state index in [0.717, 1.165) is 11.7 Å². The minimum absolute atomic E-state index is 0. The molecule has 0 aliphatic rings. The van der Waals surface area contributed by atoms with Crippen LogP contribution in [0.3, 0.4) is 0 Å². The fourth-order valence-corrected chi connectivity index (χ4v) is 4.52. The Labute approximate surface area is 247 Å². The number of carboxylic acid groups (broad SMARTS) is 1. The van der Waals surface area contributed by atoms with Crippen molar-refractivity contribution in [2.75, 3.05) is 28.4 Å². The van der Waals surface area contributed by atoms with Crippen LogP contribution in [0.4, 0.5) is 0 Å². The Balaban J connectivity index is 0.00000267. The number of nitrogens with zero attached hydrogens (tertiary/aromatic N) is 2. The normalized spacial score (nSPS) is 11.3. The van der Waals surface area contributed by atoms with Gasteiger partial charge in [0.1, 0.15) is 16.8 Å². The maximum atomic E-state index is 13.8. The molecule has 0 fully saturated rings. The standard InChI is InChI=1S/C27H24N2O7S.Na.H/c1-33-18-8-5-16(6-9-18)25(30)19(11-15-12-22(34-2)26(36-4)23(13-15)35-3)24(27(31)32)17-7-10-20-21(14-17)29-37-28-20;;/h5-10,12-14H,11H2,1-4H3,(H,31,32);;/q;+1;-1. The number of rotatable bonds is 10. The molecule has 0 saturated heterocycles. The van der Waals surface area contributed by atoms with E-state index in [0.29, 0.717) is 50.7 Å². The zero-order chi connectivity index (χ0) is 26.5. The zero-order valence-corrected chi connectivity index (χ0v) is 24.4. The van der Waals surface area contributed by atoms with E-state index in [1.807, 2.05) is 0 Å². The predicted molar refractivity (Wildman–Crippen MR) is 140 cm³/mol. The number of carboxylic acids is 1. The number of ketones is 1. The summed E-state index contributed by atoms with van der Waals surface area (Å²) in [6, 6.07) is 14.8. The van der Waals surface area contributed by atoms with Gasteiger partial charge in [-0.15, -0.1) is 0 Å². The first kappa shape index (κ1) is 29.1. The van der Waals surface area contributed by atoms with Gasteiger partial charge < -0.3 is 25.5 Å². The average Bonchev–Trinajstić information content (AvgIpc) is 3.39. The van der Waals surface area contributed by atoms with Gasteiger partial charge in [-0.2, -0.15) is 8.75 Å². The van der Waals surface area contributed by atoms with Gasteiger partial charge in [0.2, 0.25) is 5.75 Å². The van der Waals surface area contributed by atoms with Crippen molar-refractivity contribution in [2.24, 2.45) is 0 Å². The van der Waals surface area contributed by atoms with Gasteiger partial charge in [-0.25, -0.2) is 4.79 Å². The molecule has 0 saturated carbocycles. The molecular weight excluding hydrogens is 519 g/mol. The predicted octanol–water partition coefficient (Wildman–Crippen LogP) is 1.81. The number of hydrogen-bond donors (Lipinski definition) is 1. The molecule has 38 heavy (non-hydrogen) atoms. The molecule has 9 nitrogen and oxygen atoms in total. The molecule has 1 N–H and O–H groups in total. The Morgan fingerprint density at radius 2 is 1.42 bits per heavy atom. The summed E-state index contributed by atoms with van der Waals surface area (Å²) in [7, 11) is 5.99. The third-order valence-electron chi connectivity index (χ3n) is 5.79. The van der Waals surface area contributed by atoms with Crippen molar-refractivity contribution >= 4 is 40.1 Å². The third kappa shape index (κ3) is 5.99. The maximum Gasteiger partial charge on any atom is 1.00 e. The molecular formula is C27H25N2NaO7S. The molecule has 0 atom stereocenters. The first-order chi connectivity index (χ1) is 17.9. The first-order valence-electron chi connectivity index (χ1n) is 11.1. The first-order valence-corrected chi connectivity index (χ1v) is 11.8. The van der Waals surface area contributed by atoms with Gasteiger partial charge in [-0.05, 0) is 59.7 Å². The fourth-order valence-electron chi connectivity index (χ4n) is 4.00. The number of carbonyl (C=O) groups is 2. The molecule has 0 amide bonds. The molecule has 4 aromatic rings. The second-order valence-corrected chi connectivity index (χ2v) is 8.42. The van der Waals surface area contributed by atoms with Crippen molar-refractivity contribution < 1.29 is 64.6 Å². The van der Waals surface area contributed by atoms with Crippen LogP contribution in [-0.2, 0) is 11.2 Å². The number of hydrogen-bond acceptors (Lipinski definition) is 9. The molecule has 0 unspecified atom stereocenters. The summed E-state index contributed by atoms with van der Waals surface area (Å²) in [6.45, 7) is 0. The largest absolute Gasteiger partial charge is 1.00 e. The number of allylic oxidation sites excluding steroid dienone is 1. The van der Waals surface area contributed by atoms with E-state index in [-0.39, 0.29) is 48.6 Å². The number of methoxy groups -OCH3 is 4. The number of aromatic nitrogens is 2. The maximum absolute atomic E-state index is 13.8. The monoisotopic (exact) mass is 544 g/mol. The third-order valence-corrected chi connectivity index (χ3v) is 6.35. The molecule has 0 bridgehead atoms. The molecule has 0 aliphatic carbocycles. The Kier molecular flexibility index (Phi) is 9.87. The summed E-state index contributed by atoms with van der Waals surface area (Å²) in [4.78, 5) is 26.5. The van der Waals surface area contributed by atoms with Gasteiger partial charge in [0.15, 0.2) is 17.3 Å². The SMILES string of the molecule is COc1ccc(C(=O)C(Cc2cc(OC)c(OC)c(OC)c2)=C(C(=O)O)c2ccc3nsnc3c2)cc1.[H-].[Na+]. The zero-order valence-electron chi connectivity index (χ0n) is 22.6. The van der Waals surface area contributed by atoms with Crippen molar-refractivity contribution in [3.8, 4) is 23.0 Å². The van der Waals surface area contributed by atoms with Crippen LogP contribution in [0.1, 0.15) is 22.9 Å². The number of ether oxygens (including phenoxy) is 4. The fraction of sp³-hybridized carbons (Fsp3) is 0.185. The molecule has 3 aromatic carbocycles. The summed E-state index contributed by atoms with van der Waals surface area (Å²) >= 11 is 1.03. The average molecular weight is 545 g/mol. The van der Waals surface area contributed by atoms with Gasteiger partial charge in [-0.1, -0.05) is 6.07 Å². The second kappa shape index (κ2) is 12.9. The Hall–Kier alpha value is -3.44. The molecule has 11 heteroatoms. The van der Waals surface area contributed by atoms with Gasteiger partial charge in [0.25, 0.3) is 0 Å². The van der Waals surface area contributed by atoms with E-state index in [1.165, 1.54) is 28.4 Å². The van der Waals surface area contributed by atoms with Crippen molar-refractivity contribution in [1.29, 1.82) is 0 Å². The minimum atomic E-state index is -1.24. The Morgan fingerprint density at radius 3 is 1.97 bits per heavy atom. The quantitative estimate of drug-likeness (QED) is 0.181. The van der Waals surface area contributed by atoms with Crippen LogP contribution < -0.4 is 48.5 Å². The second-order valence-electron chi connectivity index (χ2n) is 7.89. The number of aliphatic carboxylic acids is 1. The number of carbonyl (C=O) groups excluding carboxylic acids is 1. The van der Waals surface area contributed by atoms with Crippen molar-refractivity contribution in [2.45, 2.75) is 6.42 Å². The van der Waals surface area contributed by atoms with E-state index < -0.39 is 11.8 Å². The van der Waals surface area contributed by atoms with Crippen LogP contribution in [0.2, 0.25) is 0 Å². The summed E-state index contributed by atoms with van der Waals surface area (Å²) in [5, 5.41) is 10.3. The Morgan fingerprint density at radius 1 is 0.816 bits per heavy atom. The van der Waals surface area contributed by atoms with Gasteiger partial charge in [-0.3, -0.25) is 4.79 Å². The smallest absolute Gasteiger partial charge is 1.00 e. The van der Waals surface area contributed by atoms with Crippen LogP contribution in [0.25, 0.3) is 16.6 Å². The number of Topliss-reactive ketones (excluding diaryl/α,β-unsaturated/α-hetero) is 1. The summed E-state index contributed by atoms with van der Waals surface area (Å²) in [5.74, 6) is 0.0596. The van der Waals surface area contributed by atoms with E-state index in [9.17, 15) is 14.7 Å². The molecule has 0 spiro atoms. The van der Waals surface area contributed by atoms with Crippen molar-refractivity contribution in [3.63, 3.8) is 0 Å². The van der Waals surface area contributed by atoms with Crippen LogP contribution in [0, 0.1) is 0 Å². The van der Waals surface area contributed by atoms with Crippen LogP contribution >= 0.6 is 11.7 Å². The Bertz CT molecular complexity index is 1480. The number of benzene rings is 3. The molecule has 1 aromatic heterocycles. The van der Waals surface area contributed by atoms with E-state index in [1.54, 1.807) is 54.6 Å². The van der Waals surface area contributed by atoms with Gasteiger partial charge >= 0.3 is 35.5 Å². The molecule has 192 valence electrons. The van der Waals surface area contributed by atoms with Crippen LogP contribution in [-0.4, -0.2) is 54.0 Å². The topological polar surface area (TPSA) is 117 Å². The molecule has 0 aliphatic heterocycles. The van der Waals surface area contributed by atoms with Crippen molar-refractivity contribution in [1.82, 2.24) is 8.75 Å². The van der Waals surface area contributed by atoms with Crippen LogP contribution in [0.15, 0.2) is 60.2 Å². The van der Waals surface area contributed by atoms with E-state index in [4.69, 9.17) is 18.9 Å². The van der Waals surface area contributed by atoms with Crippen molar-refractivity contribution in [3.05, 3.63) is 76.9 Å². The van der Waals surface area contributed by atoms with Gasteiger partial charge in [0, 0.05) is 17.6 Å². The summed E-state index contributed by atoms with van der Waals surface area (Å²) in [6.07, 6.45) is -0.0173. The summed E-state index contributed by atoms with van der Waals surface area (Å²) < 4.78 is 29.9. The summed E-state index contributed by atoms with van der Waals surface area (Å²) in [5.41, 5.74) is 2.40.